The largest absolute Gasteiger partial charge is 0.394 e. The number of carbonyl (C=O) groups is 2. The van der Waals surface area contributed by atoms with E-state index < -0.39 is 0 Å². The molecule has 2 aromatic rings. The number of amides is 2. The van der Waals surface area contributed by atoms with Crippen LogP contribution in [0.1, 0.15) is 33.6 Å². The molecule has 0 saturated carbocycles. The first-order valence-corrected chi connectivity index (χ1v) is 8.47. The number of anilines is 1. The molecule has 1 atom stereocenters. The van der Waals surface area contributed by atoms with Gasteiger partial charge in [-0.25, -0.2) is 0 Å². The fourth-order valence-electron chi connectivity index (χ4n) is 3.18. The predicted octanol–water partition coefficient (Wildman–Crippen LogP) is 2.56. The first-order valence-electron chi connectivity index (χ1n) is 8.47. The Morgan fingerprint density at radius 1 is 1.08 bits per heavy atom. The van der Waals surface area contributed by atoms with E-state index in [2.05, 4.69) is 0 Å². The predicted molar refractivity (Wildman–Crippen MR) is 96.8 cm³/mol. The van der Waals surface area contributed by atoms with Gasteiger partial charge in [-0.05, 0) is 49.2 Å². The number of hydrogen-bond acceptors (Lipinski definition) is 3. The minimum atomic E-state index is -0.125. The Hall–Kier alpha value is -2.66. The van der Waals surface area contributed by atoms with Crippen LogP contribution in [0.3, 0.4) is 0 Å². The Balaban J connectivity index is 1.74. The molecule has 0 aromatic heterocycles. The molecule has 3 rings (SSSR count). The van der Waals surface area contributed by atoms with Crippen LogP contribution in [0.2, 0.25) is 0 Å². The molecule has 5 heteroatoms. The highest BCUT2D eigenvalue weighted by Crippen LogP contribution is 2.21. The Morgan fingerprint density at radius 2 is 1.72 bits per heavy atom. The van der Waals surface area contributed by atoms with Gasteiger partial charge in [-0.3, -0.25) is 9.59 Å². The molecular formula is C20H22N2O3. The van der Waals surface area contributed by atoms with Crippen molar-refractivity contribution in [2.75, 3.05) is 25.1 Å². The van der Waals surface area contributed by atoms with Gasteiger partial charge in [-0.15, -0.1) is 0 Å². The van der Waals surface area contributed by atoms with Gasteiger partial charge in [0.05, 0.1) is 12.6 Å². The van der Waals surface area contributed by atoms with Gasteiger partial charge in [0, 0.05) is 30.4 Å². The number of para-hydroxylation sites is 1. The number of aliphatic hydroxyl groups excluding tert-OH is 1. The van der Waals surface area contributed by atoms with Crippen molar-refractivity contribution in [3.63, 3.8) is 0 Å². The standard InChI is InChI=1S/C20H22N2O3/c1-21(17-6-3-2-4-7-17)19(24)15-9-11-16(12-10-15)20(25)22-13-5-8-18(22)14-23/h2-4,6-7,9-12,18,23H,5,8,13-14H2,1H3/t18-/m1/s1. The molecule has 0 radical (unpaired) electrons. The van der Waals surface area contributed by atoms with Crippen molar-refractivity contribution in [2.24, 2.45) is 0 Å². The molecule has 0 spiro atoms. The lowest BCUT2D eigenvalue weighted by Crippen LogP contribution is -2.37. The summed E-state index contributed by atoms with van der Waals surface area (Å²) in [7, 11) is 1.73. The maximum Gasteiger partial charge on any atom is 0.258 e. The fourth-order valence-corrected chi connectivity index (χ4v) is 3.18. The summed E-state index contributed by atoms with van der Waals surface area (Å²) in [5.41, 5.74) is 1.89. The normalized spacial score (nSPS) is 16.7. The lowest BCUT2D eigenvalue weighted by Gasteiger charge is -2.23. The maximum absolute atomic E-state index is 12.6. The first kappa shape index (κ1) is 17.2. The van der Waals surface area contributed by atoms with Crippen LogP contribution in [0.5, 0.6) is 0 Å². The summed E-state index contributed by atoms with van der Waals surface area (Å²) in [5.74, 6) is -0.216. The molecule has 1 heterocycles. The molecular weight excluding hydrogens is 316 g/mol. The molecule has 1 N–H and O–H groups in total. The van der Waals surface area contributed by atoms with E-state index in [0.29, 0.717) is 17.7 Å². The summed E-state index contributed by atoms with van der Waals surface area (Å²) in [6.45, 7) is 0.658. The van der Waals surface area contributed by atoms with Crippen molar-refractivity contribution >= 4 is 17.5 Å². The summed E-state index contributed by atoms with van der Waals surface area (Å²) >= 11 is 0. The minimum absolute atomic E-state index is 0.00974. The average Bonchev–Trinajstić information content (AvgIpc) is 3.16. The van der Waals surface area contributed by atoms with Gasteiger partial charge < -0.3 is 14.9 Å². The molecule has 1 aliphatic rings. The van der Waals surface area contributed by atoms with E-state index in [0.717, 1.165) is 18.5 Å². The van der Waals surface area contributed by atoms with Gasteiger partial charge in [-0.1, -0.05) is 18.2 Å². The number of aliphatic hydroxyl groups is 1. The molecule has 25 heavy (non-hydrogen) atoms. The first-order chi connectivity index (χ1) is 12.1. The van der Waals surface area contributed by atoms with E-state index >= 15 is 0 Å². The zero-order valence-corrected chi connectivity index (χ0v) is 14.3. The fraction of sp³-hybridized carbons (Fsp3) is 0.300. The number of rotatable bonds is 4. The van der Waals surface area contributed by atoms with Crippen LogP contribution in [-0.4, -0.2) is 48.1 Å². The lowest BCUT2D eigenvalue weighted by atomic mass is 10.1. The monoisotopic (exact) mass is 338 g/mol. The molecule has 1 aliphatic heterocycles. The second kappa shape index (κ2) is 7.49. The topological polar surface area (TPSA) is 60.9 Å². The van der Waals surface area contributed by atoms with Crippen LogP contribution in [0.4, 0.5) is 5.69 Å². The third-order valence-electron chi connectivity index (χ3n) is 4.68. The van der Waals surface area contributed by atoms with Crippen molar-refractivity contribution in [3.05, 3.63) is 65.7 Å². The molecule has 2 amide bonds. The minimum Gasteiger partial charge on any atom is -0.394 e. The Kier molecular flexibility index (Phi) is 5.14. The summed E-state index contributed by atoms with van der Waals surface area (Å²) in [5, 5.41) is 9.37. The molecule has 0 aliphatic carbocycles. The molecule has 0 bridgehead atoms. The number of likely N-dealkylation sites (tertiary alicyclic amines) is 1. The van der Waals surface area contributed by atoms with Crippen molar-refractivity contribution in [1.82, 2.24) is 4.90 Å². The quantitative estimate of drug-likeness (QED) is 0.932. The Morgan fingerprint density at radius 3 is 2.36 bits per heavy atom. The Bertz CT molecular complexity index is 743. The highest BCUT2D eigenvalue weighted by molar-refractivity contribution is 6.06. The molecule has 0 unspecified atom stereocenters. The van der Waals surface area contributed by atoms with Gasteiger partial charge in [0.2, 0.25) is 0 Å². The van der Waals surface area contributed by atoms with E-state index in [1.54, 1.807) is 41.1 Å². The van der Waals surface area contributed by atoms with E-state index in [1.807, 2.05) is 30.3 Å². The zero-order chi connectivity index (χ0) is 17.8. The smallest absolute Gasteiger partial charge is 0.258 e. The number of hydrogen-bond donors (Lipinski definition) is 1. The molecule has 130 valence electrons. The van der Waals surface area contributed by atoms with Gasteiger partial charge in [0.1, 0.15) is 0 Å². The molecule has 1 fully saturated rings. The molecule has 1 saturated heterocycles. The second-order valence-corrected chi connectivity index (χ2v) is 6.25. The highest BCUT2D eigenvalue weighted by atomic mass is 16.3. The van der Waals surface area contributed by atoms with Gasteiger partial charge >= 0.3 is 0 Å². The molecule has 2 aromatic carbocycles. The lowest BCUT2D eigenvalue weighted by molar-refractivity contribution is 0.0677. The highest BCUT2D eigenvalue weighted by Gasteiger charge is 2.28. The van der Waals surface area contributed by atoms with E-state index in [1.165, 1.54) is 0 Å². The van der Waals surface area contributed by atoms with Gasteiger partial charge in [0.25, 0.3) is 11.8 Å². The number of carbonyl (C=O) groups excluding carboxylic acids is 2. The molecule has 5 nitrogen and oxygen atoms in total. The second-order valence-electron chi connectivity index (χ2n) is 6.25. The Labute approximate surface area is 147 Å². The summed E-state index contributed by atoms with van der Waals surface area (Å²) in [4.78, 5) is 28.4. The van der Waals surface area contributed by atoms with Gasteiger partial charge in [-0.2, -0.15) is 0 Å². The third-order valence-corrected chi connectivity index (χ3v) is 4.68. The van der Waals surface area contributed by atoms with Crippen LogP contribution in [0.15, 0.2) is 54.6 Å². The van der Waals surface area contributed by atoms with Crippen molar-refractivity contribution in [1.29, 1.82) is 0 Å². The van der Waals surface area contributed by atoms with Crippen LogP contribution in [-0.2, 0) is 0 Å². The van der Waals surface area contributed by atoms with Crippen molar-refractivity contribution < 1.29 is 14.7 Å². The van der Waals surface area contributed by atoms with Crippen LogP contribution < -0.4 is 4.90 Å². The van der Waals surface area contributed by atoms with Crippen LogP contribution in [0.25, 0.3) is 0 Å². The summed E-state index contributed by atoms with van der Waals surface area (Å²) in [6, 6.07) is 16.0. The SMILES string of the molecule is CN(C(=O)c1ccc(C(=O)N2CCC[C@@H]2CO)cc1)c1ccccc1. The van der Waals surface area contributed by atoms with Gasteiger partial charge in [0.15, 0.2) is 0 Å². The number of nitrogens with zero attached hydrogens (tertiary/aromatic N) is 2. The summed E-state index contributed by atoms with van der Waals surface area (Å²) in [6.07, 6.45) is 1.75. The maximum atomic E-state index is 12.6. The van der Waals surface area contributed by atoms with Crippen LogP contribution in [0, 0.1) is 0 Å². The van der Waals surface area contributed by atoms with E-state index in [-0.39, 0.29) is 24.5 Å². The number of benzene rings is 2. The van der Waals surface area contributed by atoms with Crippen molar-refractivity contribution in [3.8, 4) is 0 Å². The third kappa shape index (κ3) is 3.56. The van der Waals surface area contributed by atoms with Crippen molar-refractivity contribution in [2.45, 2.75) is 18.9 Å². The van der Waals surface area contributed by atoms with E-state index in [4.69, 9.17) is 0 Å². The van der Waals surface area contributed by atoms with E-state index in [9.17, 15) is 14.7 Å². The zero-order valence-electron chi connectivity index (χ0n) is 14.3. The average molecular weight is 338 g/mol. The summed E-state index contributed by atoms with van der Waals surface area (Å²) < 4.78 is 0. The van der Waals surface area contributed by atoms with Crippen LogP contribution >= 0.6 is 0 Å².